The van der Waals surface area contributed by atoms with Gasteiger partial charge in [0.1, 0.15) is 11.4 Å². The minimum absolute atomic E-state index is 0.173. The Bertz CT molecular complexity index is 1180. The van der Waals surface area contributed by atoms with E-state index in [1.54, 1.807) is 12.1 Å². The van der Waals surface area contributed by atoms with Crippen LogP contribution in [0.4, 0.5) is 18.0 Å². The highest BCUT2D eigenvalue weighted by molar-refractivity contribution is 5.98. The van der Waals surface area contributed by atoms with E-state index < -0.39 is 12.5 Å². The Balaban J connectivity index is 1.85. The fourth-order valence-corrected chi connectivity index (χ4v) is 4.02. The van der Waals surface area contributed by atoms with E-state index in [1.807, 2.05) is 34.9 Å². The van der Waals surface area contributed by atoms with Crippen molar-refractivity contribution in [1.82, 2.24) is 15.2 Å². The summed E-state index contributed by atoms with van der Waals surface area (Å²) in [6.07, 6.45) is -5.57. The van der Waals surface area contributed by atoms with Crippen LogP contribution in [0, 0.1) is 0 Å². The maximum atomic E-state index is 12.8. The monoisotopic (exact) mass is 459 g/mol. The molecule has 1 atom stereocenters. The molecule has 1 aromatic heterocycles. The summed E-state index contributed by atoms with van der Waals surface area (Å²) in [6, 6.07) is 16.2. The summed E-state index contributed by atoms with van der Waals surface area (Å²) in [4.78, 5) is 23.5. The Morgan fingerprint density at radius 3 is 2.55 bits per heavy atom. The van der Waals surface area contributed by atoms with Gasteiger partial charge in [0.05, 0.1) is 11.7 Å². The number of carbonyl (C=O) groups is 2. The topological polar surface area (TPSA) is 92.6 Å². The predicted molar refractivity (Wildman–Crippen MR) is 114 cm³/mol. The highest BCUT2D eigenvalue weighted by Gasteiger charge is 2.33. The molecule has 172 valence electrons. The Kier molecular flexibility index (Phi) is 5.99. The molecule has 1 aliphatic rings. The third-order valence-electron chi connectivity index (χ3n) is 5.31. The van der Waals surface area contributed by atoms with E-state index in [0.29, 0.717) is 28.9 Å². The largest absolute Gasteiger partial charge is 0.573 e. The van der Waals surface area contributed by atoms with Crippen LogP contribution in [0.3, 0.4) is 0 Å². The molecule has 0 saturated heterocycles. The van der Waals surface area contributed by atoms with Crippen molar-refractivity contribution in [2.24, 2.45) is 0 Å². The molecule has 1 unspecified atom stereocenters. The summed E-state index contributed by atoms with van der Waals surface area (Å²) in [6.45, 7) is 0.463. The molecule has 4 rings (SSSR count). The van der Waals surface area contributed by atoms with E-state index in [0.717, 1.165) is 5.56 Å². The molecule has 33 heavy (non-hydrogen) atoms. The van der Waals surface area contributed by atoms with E-state index in [9.17, 15) is 22.8 Å². The molecule has 0 fully saturated rings. The zero-order valence-corrected chi connectivity index (χ0v) is 17.2. The smallest absolute Gasteiger partial charge is 0.465 e. The normalized spacial score (nSPS) is 15.5. The van der Waals surface area contributed by atoms with Crippen LogP contribution in [0.1, 0.15) is 23.0 Å². The van der Waals surface area contributed by atoms with Crippen molar-refractivity contribution in [3.8, 4) is 28.1 Å². The summed E-state index contributed by atoms with van der Waals surface area (Å²) in [7, 11) is 0. The third kappa shape index (κ3) is 4.94. The lowest BCUT2D eigenvalue weighted by molar-refractivity contribution is -0.274. The number of hydrogen-bond acceptors (Lipinski definition) is 3. The first kappa shape index (κ1) is 22.3. The molecule has 0 saturated carbocycles. The van der Waals surface area contributed by atoms with Crippen molar-refractivity contribution < 1.29 is 32.6 Å². The predicted octanol–water partition coefficient (Wildman–Crippen LogP) is 4.66. The number of alkyl halides is 3. The molecule has 10 heteroatoms. The van der Waals surface area contributed by atoms with Gasteiger partial charge in [-0.25, -0.2) is 4.79 Å². The summed E-state index contributed by atoms with van der Waals surface area (Å²) in [5, 5.41) is 14.0. The van der Waals surface area contributed by atoms with Crippen molar-refractivity contribution in [3.63, 3.8) is 0 Å². The van der Waals surface area contributed by atoms with Crippen LogP contribution in [0.2, 0.25) is 0 Å². The second kappa shape index (κ2) is 8.89. The first-order valence-electron chi connectivity index (χ1n) is 10.1. The molecule has 2 heterocycles. The van der Waals surface area contributed by atoms with Gasteiger partial charge in [0.25, 0.3) is 5.91 Å². The van der Waals surface area contributed by atoms with Crippen molar-refractivity contribution >= 4 is 12.0 Å². The van der Waals surface area contributed by atoms with Gasteiger partial charge in [0, 0.05) is 18.7 Å². The van der Waals surface area contributed by atoms with Gasteiger partial charge in [-0.3, -0.25) is 4.79 Å². The highest BCUT2D eigenvalue weighted by atomic mass is 19.4. The molecule has 3 aromatic rings. The van der Waals surface area contributed by atoms with E-state index in [1.165, 1.54) is 18.2 Å². The van der Waals surface area contributed by atoms with Crippen molar-refractivity contribution in [2.45, 2.75) is 18.8 Å². The lowest BCUT2D eigenvalue weighted by atomic mass is 10.0. The molecule has 1 aliphatic heterocycles. The number of carbonyl (C=O) groups excluding carboxylic acids is 1. The Hall–Kier alpha value is -3.95. The number of benzene rings is 2. The molecular weight excluding hydrogens is 439 g/mol. The van der Waals surface area contributed by atoms with E-state index >= 15 is 0 Å². The number of amides is 2. The minimum atomic E-state index is -4.83. The number of nitrogens with one attached hydrogen (secondary N) is 2. The number of carboxylic acid groups (broad SMARTS) is 1. The van der Waals surface area contributed by atoms with Gasteiger partial charge < -0.3 is 25.0 Å². The molecular formula is C23H20F3N3O4. The van der Waals surface area contributed by atoms with Crippen LogP contribution in [0.5, 0.6) is 5.75 Å². The van der Waals surface area contributed by atoms with Gasteiger partial charge in [0.15, 0.2) is 0 Å². The van der Waals surface area contributed by atoms with Crippen LogP contribution >= 0.6 is 0 Å². The van der Waals surface area contributed by atoms with E-state index in [2.05, 4.69) is 15.4 Å². The van der Waals surface area contributed by atoms with Gasteiger partial charge in [0.2, 0.25) is 0 Å². The number of aromatic nitrogens is 1. The van der Waals surface area contributed by atoms with Crippen LogP contribution in [-0.2, 0) is 0 Å². The maximum absolute atomic E-state index is 12.8. The molecule has 0 radical (unpaired) electrons. The summed E-state index contributed by atoms with van der Waals surface area (Å²) in [5.41, 5.74) is 2.79. The molecule has 0 aliphatic carbocycles. The third-order valence-corrected chi connectivity index (χ3v) is 5.31. The number of halogens is 3. The molecule has 0 spiro atoms. The van der Waals surface area contributed by atoms with Crippen LogP contribution in [0.25, 0.3) is 22.4 Å². The van der Waals surface area contributed by atoms with Crippen molar-refractivity contribution in [2.75, 3.05) is 13.1 Å². The Morgan fingerprint density at radius 2 is 1.85 bits per heavy atom. The second-order valence-electron chi connectivity index (χ2n) is 7.49. The number of ether oxygens (including phenoxy) is 1. The first-order valence-corrected chi connectivity index (χ1v) is 10.1. The summed E-state index contributed by atoms with van der Waals surface area (Å²) in [5.74, 6) is -0.682. The van der Waals surface area contributed by atoms with Gasteiger partial charge >= 0.3 is 12.5 Å². The lowest BCUT2D eigenvalue weighted by Crippen LogP contribution is -2.40. The molecule has 2 amide bonds. The molecule has 3 N–H and O–H groups in total. The molecule has 0 bridgehead atoms. The SMILES string of the molecule is O=C(O)NCCC1CNC(=O)c2cc(-c3cccc(OC(F)(F)F)c3)c(-c3ccccc3)n21. The fraction of sp³-hybridized carbons (Fsp3) is 0.217. The average Bonchev–Trinajstić information content (AvgIpc) is 3.16. The van der Waals surface area contributed by atoms with Gasteiger partial charge in [-0.1, -0.05) is 42.5 Å². The van der Waals surface area contributed by atoms with Gasteiger partial charge in [-0.05, 0) is 35.7 Å². The standard InChI is InChI=1S/C23H20F3N3O4/c24-23(25,26)33-17-8-4-7-15(11-17)18-12-19-21(30)28-13-16(9-10-27-22(31)32)29(19)20(18)14-5-2-1-3-6-14/h1-8,11-12,16,27H,9-10,13H2,(H,28,30)(H,31,32). The lowest BCUT2D eigenvalue weighted by Gasteiger charge is -2.29. The van der Waals surface area contributed by atoms with Gasteiger partial charge in [-0.2, -0.15) is 0 Å². The van der Waals surface area contributed by atoms with Crippen molar-refractivity contribution in [1.29, 1.82) is 0 Å². The van der Waals surface area contributed by atoms with Crippen LogP contribution < -0.4 is 15.4 Å². The van der Waals surface area contributed by atoms with E-state index in [-0.39, 0.29) is 30.8 Å². The fourth-order valence-electron chi connectivity index (χ4n) is 4.02. The number of fused-ring (bicyclic) bond motifs is 1. The van der Waals surface area contributed by atoms with Crippen LogP contribution in [-0.4, -0.2) is 41.1 Å². The number of nitrogens with zero attached hydrogens (tertiary/aromatic N) is 1. The van der Waals surface area contributed by atoms with Crippen molar-refractivity contribution in [3.05, 3.63) is 66.4 Å². The molecule has 7 nitrogen and oxygen atoms in total. The highest BCUT2D eigenvalue weighted by Crippen LogP contribution is 2.40. The van der Waals surface area contributed by atoms with E-state index in [4.69, 9.17) is 5.11 Å². The van der Waals surface area contributed by atoms with Gasteiger partial charge in [-0.15, -0.1) is 13.2 Å². The maximum Gasteiger partial charge on any atom is 0.573 e. The summed E-state index contributed by atoms with van der Waals surface area (Å²) >= 11 is 0. The quantitative estimate of drug-likeness (QED) is 0.500. The molecule has 2 aromatic carbocycles. The Labute approximate surface area is 186 Å². The summed E-state index contributed by atoms with van der Waals surface area (Å²) < 4.78 is 44.2. The minimum Gasteiger partial charge on any atom is -0.465 e. The zero-order chi connectivity index (χ0) is 23.6. The number of hydrogen-bond donors (Lipinski definition) is 3. The Morgan fingerprint density at radius 1 is 1.12 bits per heavy atom. The number of rotatable bonds is 6. The zero-order valence-electron chi connectivity index (χ0n) is 17.2. The average molecular weight is 459 g/mol. The second-order valence-corrected chi connectivity index (χ2v) is 7.49. The first-order chi connectivity index (χ1) is 15.7. The van der Waals surface area contributed by atoms with Crippen LogP contribution in [0.15, 0.2) is 60.7 Å².